The van der Waals surface area contributed by atoms with Crippen LogP contribution >= 0.6 is 0 Å². The molecule has 36 heteroatoms. The van der Waals surface area contributed by atoms with Crippen molar-refractivity contribution < 1.29 is 179 Å². The first kappa shape index (κ1) is 64.1. The fourth-order valence-electron chi connectivity index (χ4n) is 9.77. The van der Waals surface area contributed by atoms with Crippen LogP contribution in [0.2, 0.25) is 0 Å². The van der Waals surface area contributed by atoms with Crippen LogP contribution < -0.4 is 0 Å². The minimum Gasteiger partial charge on any atom is -0.394 e. The Morgan fingerprint density at radius 3 is 0.769 bits per heavy atom. The maximum atomic E-state index is 11.8. The van der Waals surface area contributed by atoms with E-state index in [0.29, 0.717) is 0 Å². The highest BCUT2D eigenvalue weighted by atomic mass is 16.8. The number of aliphatic hydroxyl groups is 23. The predicted octanol–water partition coefficient (Wildman–Crippen LogP) is -16.3. The van der Waals surface area contributed by atoms with Crippen LogP contribution in [0.25, 0.3) is 0 Å². The first-order chi connectivity index (χ1) is 36.9. The number of rotatable bonds is 19. The second-order valence-corrected chi connectivity index (χ2v) is 19.6. The van der Waals surface area contributed by atoms with Gasteiger partial charge in [-0.2, -0.15) is 0 Å². The second kappa shape index (κ2) is 27.5. The lowest BCUT2D eigenvalue weighted by Crippen LogP contribution is -2.68. The summed E-state index contributed by atoms with van der Waals surface area (Å²) >= 11 is 0. The van der Waals surface area contributed by atoms with E-state index in [1.165, 1.54) is 0 Å². The lowest BCUT2D eigenvalue weighted by atomic mass is 9.95. The van der Waals surface area contributed by atoms with Crippen molar-refractivity contribution in [3.8, 4) is 0 Å². The highest BCUT2D eigenvalue weighted by molar-refractivity contribution is 5.00. The molecule has 0 radical (unpaired) electrons. The third-order valence-corrected chi connectivity index (χ3v) is 14.5. The molecule has 0 spiro atoms. The molecule has 0 aromatic heterocycles. The maximum absolute atomic E-state index is 11.8. The van der Waals surface area contributed by atoms with E-state index in [1.807, 2.05) is 0 Å². The van der Waals surface area contributed by atoms with Crippen LogP contribution in [-0.2, 0) is 61.6 Å². The molecule has 0 unspecified atom stereocenters. The van der Waals surface area contributed by atoms with E-state index in [2.05, 4.69) is 0 Å². The van der Waals surface area contributed by atoms with Gasteiger partial charge in [0.05, 0.1) is 46.2 Å². The van der Waals surface area contributed by atoms with E-state index < -0.39 is 261 Å². The molecule has 0 aliphatic carbocycles. The summed E-state index contributed by atoms with van der Waals surface area (Å²) in [6.45, 7) is -6.56. The summed E-state index contributed by atoms with van der Waals surface area (Å²) in [6.07, 6.45) is -69.4. The summed E-state index contributed by atoms with van der Waals surface area (Å²) in [5.74, 6) is 0. The van der Waals surface area contributed by atoms with E-state index in [-0.39, 0.29) is 0 Å². The highest BCUT2D eigenvalue weighted by Crippen LogP contribution is 2.37. The van der Waals surface area contributed by atoms with Gasteiger partial charge in [-0.05, 0) is 0 Å². The number of hydrogen-bond acceptors (Lipinski definition) is 36. The standard InChI is InChI=1S/C42H72O36/c43-1-8-15(48)22(55)25(58)37(69-8)66-6-13-20(53)32(28(61)36(65)68-13)75-40-29(62)33(18(51)11(4-46)72-40)77-41-30(63)34(19(52)12(5-47)73-41)78-42-31(64)35(76-39-27(60)24(57)17(50)10(3-45)71-39)21(54)14(74-42)7-67-38-26(59)23(56)16(49)9(2-44)70-38/h8-65H,1-7H2/t8-,9-,10-,11-,12-,13-,14-,15-,16-,17-,18-,19-,20-,21-,22+,23+,24+,25-,26-,27-,28-,29-,30-,31-,32+,33+,34+,35+,36-,37-,38-,39-,40+,41+,42+/m1/s1. The van der Waals surface area contributed by atoms with E-state index in [0.717, 1.165) is 0 Å². The van der Waals surface area contributed by atoms with Crippen molar-refractivity contribution in [1.29, 1.82) is 0 Å². The van der Waals surface area contributed by atoms with Crippen LogP contribution in [0.5, 0.6) is 0 Å². The lowest BCUT2D eigenvalue weighted by molar-refractivity contribution is -0.397. The van der Waals surface area contributed by atoms with Gasteiger partial charge in [0.25, 0.3) is 0 Å². The summed E-state index contributed by atoms with van der Waals surface area (Å²) in [5, 5.41) is 245. The Labute approximate surface area is 439 Å². The number of ether oxygens (including phenoxy) is 13. The molecule has 7 aliphatic heterocycles. The SMILES string of the molecule is OC[C@H]1O[C@@H](OC[C@H]2O[C@@H](O)[C@H](O)[C@@H](O[C@@H]3O[C@H](CO)[C@@H](O)[C@H](O[C@@H]4O[C@H](CO)[C@@H](O)[C@H](O[C@@H]5O[C@H](CO[C@@H]6O[C@H](CO)[C@@H](O)[C@H](O)[C@H]6O)[C@@H](O)[C@H](O[C@H]6O[C@H](CO)[C@@H](O)[C@H](O)[C@H]6O)[C@H]5O)[C@H]4O)[C@H]3O)[C@@H]2O)[C@H](O)[C@@H](O)[C@@H]1O. The van der Waals surface area contributed by atoms with Gasteiger partial charge in [-0.1, -0.05) is 0 Å². The average molecular weight is 1150 g/mol. The van der Waals surface area contributed by atoms with Gasteiger partial charge in [-0.25, -0.2) is 0 Å². The fraction of sp³-hybridized carbons (Fsp3) is 1.00. The molecule has 36 nitrogen and oxygen atoms in total. The van der Waals surface area contributed by atoms with E-state index in [1.54, 1.807) is 0 Å². The van der Waals surface area contributed by atoms with Crippen molar-refractivity contribution in [3.63, 3.8) is 0 Å². The van der Waals surface area contributed by atoms with Crippen LogP contribution in [0, 0.1) is 0 Å². The van der Waals surface area contributed by atoms with Crippen molar-refractivity contribution in [2.24, 2.45) is 0 Å². The largest absolute Gasteiger partial charge is 0.394 e. The van der Waals surface area contributed by atoms with E-state index >= 15 is 0 Å². The first-order valence-corrected chi connectivity index (χ1v) is 24.7. The summed E-state index contributed by atoms with van der Waals surface area (Å²) in [6, 6.07) is 0. The molecule has 35 atom stereocenters. The smallest absolute Gasteiger partial charge is 0.187 e. The Morgan fingerprint density at radius 1 is 0.218 bits per heavy atom. The molecule has 456 valence electrons. The van der Waals surface area contributed by atoms with E-state index in [4.69, 9.17) is 61.6 Å². The molecule has 7 saturated heterocycles. The zero-order valence-electron chi connectivity index (χ0n) is 40.8. The summed E-state index contributed by atoms with van der Waals surface area (Å²) in [4.78, 5) is 0. The molecule has 7 heterocycles. The molecular formula is C42H72O36. The third kappa shape index (κ3) is 13.2. The minimum absolute atomic E-state index is 0.810. The average Bonchev–Trinajstić information content (AvgIpc) is 3.46. The van der Waals surface area contributed by atoms with Gasteiger partial charge in [0.1, 0.15) is 171 Å². The van der Waals surface area contributed by atoms with Gasteiger partial charge in [0, 0.05) is 0 Å². The molecule has 78 heavy (non-hydrogen) atoms. The van der Waals surface area contributed by atoms with Gasteiger partial charge >= 0.3 is 0 Å². The van der Waals surface area contributed by atoms with Crippen LogP contribution in [0.4, 0.5) is 0 Å². The van der Waals surface area contributed by atoms with Crippen molar-refractivity contribution in [1.82, 2.24) is 0 Å². The van der Waals surface area contributed by atoms with Crippen LogP contribution in [-0.4, -0.2) is 379 Å². The van der Waals surface area contributed by atoms with Gasteiger partial charge < -0.3 is 179 Å². The zero-order valence-corrected chi connectivity index (χ0v) is 40.8. The normalized spacial score (nSPS) is 53.5. The molecule has 0 aromatic rings. The highest BCUT2D eigenvalue weighted by Gasteiger charge is 2.58. The topological polar surface area (TPSA) is 585 Å². The van der Waals surface area contributed by atoms with Crippen molar-refractivity contribution in [2.45, 2.75) is 215 Å². The minimum atomic E-state index is -2.35. The van der Waals surface area contributed by atoms with Crippen molar-refractivity contribution >= 4 is 0 Å². The molecule has 0 bridgehead atoms. The Kier molecular flexibility index (Phi) is 22.6. The fourth-order valence-corrected chi connectivity index (χ4v) is 9.77. The maximum Gasteiger partial charge on any atom is 0.187 e. The van der Waals surface area contributed by atoms with Crippen LogP contribution in [0.15, 0.2) is 0 Å². The van der Waals surface area contributed by atoms with Crippen LogP contribution in [0.3, 0.4) is 0 Å². The zero-order chi connectivity index (χ0) is 57.3. The number of aliphatic hydroxyl groups excluding tert-OH is 23. The Bertz CT molecular complexity index is 1810. The molecule has 7 rings (SSSR count). The third-order valence-electron chi connectivity index (χ3n) is 14.5. The quantitative estimate of drug-likeness (QED) is 0.0571. The Morgan fingerprint density at radius 2 is 0.449 bits per heavy atom. The van der Waals surface area contributed by atoms with Gasteiger partial charge in [-0.15, -0.1) is 0 Å². The Balaban J connectivity index is 1.08. The van der Waals surface area contributed by atoms with Gasteiger partial charge in [-0.3, -0.25) is 0 Å². The van der Waals surface area contributed by atoms with Gasteiger partial charge in [0.15, 0.2) is 44.0 Å². The molecule has 0 amide bonds. The summed E-state index contributed by atoms with van der Waals surface area (Å²) in [5.41, 5.74) is 0. The predicted molar refractivity (Wildman–Crippen MR) is 232 cm³/mol. The first-order valence-electron chi connectivity index (χ1n) is 24.7. The monoisotopic (exact) mass is 1150 g/mol. The molecular weight excluding hydrogens is 1080 g/mol. The van der Waals surface area contributed by atoms with Crippen molar-refractivity contribution in [3.05, 3.63) is 0 Å². The van der Waals surface area contributed by atoms with Crippen LogP contribution in [0.1, 0.15) is 0 Å². The molecule has 0 aromatic carbocycles. The Hall–Kier alpha value is -1.44. The summed E-state index contributed by atoms with van der Waals surface area (Å²) in [7, 11) is 0. The van der Waals surface area contributed by atoms with Crippen molar-refractivity contribution in [2.75, 3.05) is 46.2 Å². The lowest BCUT2D eigenvalue weighted by Gasteiger charge is -2.50. The number of hydrogen-bond donors (Lipinski definition) is 23. The molecule has 7 fully saturated rings. The molecule has 7 aliphatic rings. The molecule has 0 saturated carbocycles. The van der Waals surface area contributed by atoms with E-state index in [9.17, 15) is 117 Å². The summed E-state index contributed by atoms with van der Waals surface area (Å²) < 4.78 is 72.0. The van der Waals surface area contributed by atoms with Gasteiger partial charge in [0.2, 0.25) is 0 Å². The molecule has 23 N–H and O–H groups in total. The second-order valence-electron chi connectivity index (χ2n) is 19.6.